The summed E-state index contributed by atoms with van der Waals surface area (Å²) in [5, 5.41) is 9.19. The Hall–Kier alpha value is -3.88. The van der Waals surface area contributed by atoms with Crippen LogP contribution in [0.5, 0.6) is 5.75 Å². The van der Waals surface area contributed by atoms with Crippen LogP contribution in [-0.4, -0.2) is 30.1 Å². The maximum absolute atomic E-state index is 9.19. The number of ether oxygens (including phenoxy) is 1. The Kier molecular flexibility index (Phi) is 5.45. The highest BCUT2D eigenvalue weighted by atomic mass is 16.5. The minimum atomic E-state index is 0.707. The molecule has 32 heavy (non-hydrogen) atoms. The van der Waals surface area contributed by atoms with Crippen LogP contribution in [0.1, 0.15) is 22.3 Å². The maximum Gasteiger partial charge on any atom is 0.140 e. The minimum Gasteiger partial charge on any atom is -0.497 e. The molecule has 0 spiro atoms. The number of rotatable bonds is 5. The van der Waals surface area contributed by atoms with E-state index in [9.17, 15) is 5.26 Å². The Morgan fingerprint density at radius 3 is 2.72 bits per heavy atom. The molecule has 3 heterocycles. The van der Waals surface area contributed by atoms with Gasteiger partial charge in [-0.3, -0.25) is 4.90 Å². The lowest BCUT2D eigenvalue weighted by Gasteiger charge is -2.35. The molecule has 0 fully saturated rings. The first-order valence-corrected chi connectivity index (χ1v) is 10.7. The summed E-state index contributed by atoms with van der Waals surface area (Å²) in [4.78, 5) is 9.34. The van der Waals surface area contributed by atoms with E-state index in [0.717, 1.165) is 43.3 Å². The number of pyridine rings is 1. The van der Waals surface area contributed by atoms with Gasteiger partial charge in [-0.1, -0.05) is 30.3 Å². The van der Waals surface area contributed by atoms with Crippen molar-refractivity contribution in [3.63, 3.8) is 0 Å². The van der Waals surface area contributed by atoms with Crippen LogP contribution >= 0.6 is 0 Å². The monoisotopic (exact) mass is 420 g/mol. The van der Waals surface area contributed by atoms with Crippen LogP contribution in [-0.2, 0) is 13.1 Å². The highest BCUT2D eigenvalue weighted by molar-refractivity contribution is 5.89. The second-order valence-corrected chi connectivity index (χ2v) is 8.10. The average molecular weight is 421 g/mol. The summed E-state index contributed by atoms with van der Waals surface area (Å²) < 4.78 is 5.29. The number of aromatic nitrogens is 1. The van der Waals surface area contributed by atoms with Gasteiger partial charge in [0.1, 0.15) is 11.6 Å². The summed E-state index contributed by atoms with van der Waals surface area (Å²) in [6, 6.07) is 22.5. The SMILES string of the molecule is COc1ccc(CN2C=C3CN(Cc4cccc(C#N)c4)CC=C3c3cccnc32)cc1. The topological polar surface area (TPSA) is 52.4 Å². The van der Waals surface area contributed by atoms with Gasteiger partial charge in [-0.2, -0.15) is 5.26 Å². The first-order chi connectivity index (χ1) is 15.7. The molecule has 0 saturated carbocycles. The molecule has 0 amide bonds. The van der Waals surface area contributed by atoms with Crippen molar-refractivity contribution >= 4 is 11.4 Å². The molecule has 2 aliphatic rings. The molecule has 5 heteroatoms. The summed E-state index contributed by atoms with van der Waals surface area (Å²) in [7, 11) is 1.68. The second-order valence-electron chi connectivity index (χ2n) is 8.10. The van der Waals surface area contributed by atoms with Gasteiger partial charge < -0.3 is 9.64 Å². The standard InChI is InChI=1S/C27H24N4O/c1-32-24-9-7-20(8-10-24)17-31-19-23-18-30(16-22-5-2-4-21(14-22)15-28)13-11-25(23)26-6-3-12-29-27(26)31/h2-12,14,19H,13,16-18H2,1H3. The van der Waals surface area contributed by atoms with Gasteiger partial charge >= 0.3 is 0 Å². The van der Waals surface area contributed by atoms with E-state index in [1.807, 2.05) is 42.6 Å². The number of hydrogen-bond acceptors (Lipinski definition) is 5. The summed E-state index contributed by atoms with van der Waals surface area (Å²) in [5.41, 5.74) is 6.83. The summed E-state index contributed by atoms with van der Waals surface area (Å²) in [6.07, 6.45) is 6.40. The van der Waals surface area contributed by atoms with Crippen LogP contribution in [0.25, 0.3) is 5.57 Å². The van der Waals surface area contributed by atoms with Crippen molar-refractivity contribution in [2.24, 2.45) is 0 Å². The van der Waals surface area contributed by atoms with Crippen molar-refractivity contribution in [2.75, 3.05) is 25.1 Å². The van der Waals surface area contributed by atoms with Crippen molar-refractivity contribution in [3.05, 3.63) is 107 Å². The van der Waals surface area contributed by atoms with Crippen LogP contribution < -0.4 is 9.64 Å². The first-order valence-electron chi connectivity index (χ1n) is 10.7. The zero-order chi connectivity index (χ0) is 21.9. The molecule has 0 saturated heterocycles. The van der Waals surface area contributed by atoms with E-state index in [4.69, 9.17) is 9.72 Å². The molecule has 5 rings (SSSR count). The number of anilines is 1. The van der Waals surface area contributed by atoms with E-state index in [-0.39, 0.29) is 0 Å². The van der Waals surface area contributed by atoms with Gasteiger partial charge in [-0.05, 0) is 58.7 Å². The second kappa shape index (κ2) is 8.70. The minimum absolute atomic E-state index is 0.707. The summed E-state index contributed by atoms with van der Waals surface area (Å²) in [5.74, 6) is 1.85. The molecule has 2 aliphatic heterocycles. The van der Waals surface area contributed by atoms with Gasteiger partial charge in [-0.25, -0.2) is 4.98 Å². The molecule has 0 unspecified atom stereocenters. The highest BCUT2D eigenvalue weighted by Crippen LogP contribution is 2.38. The third-order valence-corrected chi connectivity index (χ3v) is 5.93. The fourth-order valence-electron chi connectivity index (χ4n) is 4.39. The molecular weight excluding hydrogens is 396 g/mol. The number of fused-ring (bicyclic) bond motifs is 3. The molecule has 5 nitrogen and oxygen atoms in total. The maximum atomic E-state index is 9.19. The molecule has 0 atom stereocenters. The van der Waals surface area contributed by atoms with Crippen molar-refractivity contribution < 1.29 is 4.74 Å². The quantitative estimate of drug-likeness (QED) is 0.595. The Morgan fingerprint density at radius 2 is 1.91 bits per heavy atom. The van der Waals surface area contributed by atoms with Crippen LogP contribution in [0, 0.1) is 11.3 Å². The van der Waals surface area contributed by atoms with E-state index in [1.165, 1.54) is 22.3 Å². The summed E-state index contributed by atoms with van der Waals surface area (Å²) >= 11 is 0. The fourth-order valence-corrected chi connectivity index (χ4v) is 4.39. The number of methoxy groups -OCH3 is 1. The van der Waals surface area contributed by atoms with Crippen LogP contribution in [0.2, 0.25) is 0 Å². The summed E-state index contributed by atoms with van der Waals surface area (Å²) in [6.45, 7) is 3.29. The third-order valence-electron chi connectivity index (χ3n) is 5.93. The largest absolute Gasteiger partial charge is 0.497 e. The molecule has 0 N–H and O–H groups in total. The van der Waals surface area contributed by atoms with Gasteiger partial charge in [0.2, 0.25) is 0 Å². The molecule has 0 aliphatic carbocycles. The van der Waals surface area contributed by atoms with Crippen LogP contribution in [0.15, 0.2) is 84.7 Å². The lowest BCUT2D eigenvalue weighted by molar-refractivity contribution is 0.317. The Labute approximate surface area is 188 Å². The number of nitriles is 1. The molecule has 1 aromatic heterocycles. The van der Waals surface area contributed by atoms with Gasteiger partial charge in [0, 0.05) is 44.1 Å². The van der Waals surface area contributed by atoms with E-state index in [1.54, 1.807) is 7.11 Å². The van der Waals surface area contributed by atoms with E-state index in [2.05, 4.69) is 52.4 Å². The number of hydrogen-bond donors (Lipinski definition) is 0. The van der Waals surface area contributed by atoms with E-state index in [0.29, 0.717) is 5.56 Å². The van der Waals surface area contributed by atoms with Gasteiger partial charge in [0.25, 0.3) is 0 Å². The van der Waals surface area contributed by atoms with Crippen molar-refractivity contribution in [1.82, 2.24) is 9.88 Å². The lowest BCUT2D eigenvalue weighted by Crippen LogP contribution is -2.33. The molecule has 2 aromatic carbocycles. The van der Waals surface area contributed by atoms with E-state index < -0.39 is 0 Å². The van der Waals surface area contributed by atoms with E-state index >= 15 is 0 Å². The predicted molar refractivity (Wildman–Crippen MR) is 126 cm³/mol. The molecule has 3 aromatic rings. The van der Waals surface area contributed by atoms with Crippen molar-refractivity contribution in [1.29, 1.82) is 5.26 Å². The zero-order valence-electron chi connectivity index (χ0n) is 18.0. The molecule has 0 bridgehead atoms. The number of benzene rings is 2. The van der Waals surface area contributed by atoms with Gasteiger partial charge in [0.15, 0.2) is 0 Å². The van der Waals surface area contributed by atoms with Crippen LogP contribution in [0.4, 0.5) is 5.82 Å². The molecule has 158 valence electrons. The molecule has 0 radical (unpaired) electrons. The van der Waals surface area contributed by atoms with Crippen LogP contribution in [0.3, 0.4) is 0 Å². The zero-order valence-corrected chi connectivity index (χ0v) is 18.0. The fraction of sp³-hybridized carbons (Fsp3) is 0.185. The Morgan fingerprint density at radius 1 is 1.03 bits per heavy atom. The first kappa shape index (κ1) is 20.0. The highest BCUT2D eigenvalue weighted by Gasteiger charge is 2.27. The Balaban J connectivity index is 1.42. The Bertz CT molecular complexity index is 1240. The predicted octanol–water partition coefficient (Wildman–Crippen LogP) is 4.77. The van der Waals surface area contributed by atoms with Gasteiger partial charge in [-0.15, -0.1) is 0 Å². The third kappa shape index (κ3) is 4.01. The number of nitrogens with zero attached hydrogens (tertiary/aromatic N) is 4. The average Bonchev–Trinajstić information content (AvgIpc) is 2.84. The lowest BCUT2D eigenvalue weighted by atomic mass is 9.92. The van der Waals surface area contributed by atoms with Crippen molar-refractivity contribution in [3.8, 4) is 11.8 Å². The molecular formula is C27H24N4O. The smallest absolute Gasteiger partial charge is 0.140 e. The normalized spacial score (nSPS) is 15.2. The van der Waals surface area contributed by atoms with Gasteiger partial charge in [0.05, 0.1) is 18.7 Å². The van der Waals surface area contributed by atoms with Crippen molar-refractivity contribution in [2.45, 2.75) is 13.1 Å².